The number of aromatic hydroxyl groups is 1. The summed E-state index contributed by atoms with van der Waals surface area (Å²) in [4.78, 5) is 25.7. The summed E-state index contributed by atoms with van der Waals surface area (Å²) in [5.41, 5.74) is 0.222. The lowest BCUT2D eigenvalue weighted by Gasteiger charge is -2.23. The van der Waals surface area contributed by atoms with Crippen LogP contribution < -0.4 is 9.47 Å². The number of aliphatic hydroxyl groups excluding tert-OH is 1. The summed E-state index contributed by atoms with van der Waals surface area (Å²) in [7, 11) is 2.75. The van der Waals surface area contributed by atoms with Gasteiger partial charge in [0, 0.05) is 11.1 Å². The lowest BCUT2D eigenvalue weighted by molar-refractivity contribution is 0.0971. The van der Waals surface area contributed by atoms with Crippen molar-refractivity contribution in [3.63, 3.8) is 0 Å². The summed E-state index contributed by atoms with van der Waals surface area (Å²) in [5.74, 6) is -1.02. The maximum atomic E-state index is 12.9. The second-order valence-electron chi connectivity index (χ2n) is 5.04. The highest BCUT2D eigenvalue weighted by Crippen LogP contribution is 2.42. The van der Waals surface area contributed by atoms with Crippen LogP contribution in [-0.4, -0.2) is 36.0 Å². The normalized spacial score (nSPS) is 12.7. The quantitative estimate of drug-likeness (QED) is 0.764. The Kier molecular flexibility index (Phi) is 3.54. The third kappa shape index (κ3) is 1.99. The third-order valence-electron chi connectivity index (χ3n) is 3.90. The fourth-order valence-electron chi connectivity index (χ4n) is 2.81. The molecule has 1 aliphatic carbocycles. The molecule has 6 heteroatoms. The molecule has 3 rings (SSSR count). The van der Waals surface area contributed by atoms with E-state index in [1.54, 1.807) is 12.1 Å². The highest BCUT2D eigenvalue weighted by atomic mass is 16.5. The van der Waals surface area contributed by atoms with Crippen LogP contribution in [0.3, 0.4) is 0 Å². The molecule has 0 radical (unpaired) electrons. The van der Waals surface area contributed by atoms with Crippen molar-refractivity contribution in [1.29, 1.82) is 0 Å². The first-order chi connectivity index (χ1) is 11.0. The number of aliphatic hydroxyl groups is 1. The standard InChI is InChI=1S/C17H14O6/c1-22-10-5-3-4-9-12(10)17(21)14-13(16(9)20)11(23-2)6-8(7-18)15(14)19/h3-6,18-19H,7H2,1-2H3. The molecule has 0 bridgehead atoms. The SMILES string of the molecule is COc1cccc2c1C(=O)c1c(O)c(CO)cc(OC)c1C2=O. The first-order valence-electron chi connectivity index (χ1n) is 6.85. The van der Waals surface area contributed by atoms with E-state index < -0.39 is 23.9 Å². The number of hydrogen-bond acceptors (Lipinski definition) is 6. The molecule has 2 aromatic rings. The van der Waals surface area contributed by atoms with E-state index in [9.17, 15) is 19.8 Å². The van der Waals surface area contributed by atoms with Crippen molar-refractivity contribution in [2.24, 2.45) is 0 Å². The van der Waals surface area contributed by atoms with Gasteiger partial charge in [-0.1, -0.05) is 12.1 Å². The van der Waals surface area contributed by atoms with Gasteiger partial charge >= 0.3 is 0 Å². The van der Waals surface area contributed by atoms with Crippen molar-refractivity contribution in [2.45, 2.75) is 6.61 Å². The van der Waals surface area contributed by atoms with Crippen LogP contribution >= 0.6 is 0 Å². The van der Waals surface area contributed by atoms with E-state index in [4.69, 9.17) is 9.47 Å². The van der Waals surface area contributed by atoms with Crippen molar-refractivity contribution >= 4 is 11.6 Å². The van der Waals surface area contributed by atoms with Gasteiger partial charge in [0.25, 0.3) is 0 Å². The second kappa shape index (κ2) is 5.40. The number of ether oxygens (including phenoxy) is 2. The van der Waals surface area contributed by atoms with E-state index in [-0.39, 0.29) is 39.3 Å². The molecule has 0 fully saturated rings. The van der Waals surface area contributed by atoms with Gasteiger partial charge in [-0.3, -0.25) is 9.59 Å². The lowest BCUT2D eigenvalue weighted by atomic mass is 9.81. The smallest absolute Gasteiger partial charge is 0.202 e. The Balaban J connectivity index is 2.40. The number of methoxy groups -OCH3 is 2. The monoisotopic (exact) mass is 314 g/mol. The number of ketones is 2. The molecule has 0 saturated heterocycles. The van der Waals surface area contributed by atoms with Gasteiger partial charge in [0.2, 0.25) is 5.78 Å². The molecular weight excluding hydrogens is 300 g/mol. The van der Waals surface area contributed by atoms with Gasteiger partial charge in [0.1, 0.15) is 17.2 Å². The number of hydrogen-bond donors (Lipinski definition) is 2. The second-order valence-corrected chi connectivity index (χ2v) is 5.04. The number of phenols is 1. The van der Waals surface area contributed by atoms with Crippen molar-refractivity contribution in [1.82, 2.24) is 0 Å². The Morgan fingerprint density at radius 1 is 0.957 bits per heavy atom. The average Bonchev–Trinajstić information content (AvgIpc) is 2.58. The Bertz CT molecular complexity index is 837. The van der Waals surface area contributed by atoms with Crippen LogP contribution in [-0.2, 0) is 6.61 Å². The summed E-state index contributed by atoms with van der Waals surface area (Å²) in [6, 6.07) is 6.06. The minimum atomic E-state index is -0.543. The van der Waals surface area contributed by atoms with Gasteiger partial charge in [-0.25, -0.2) is 0 Å². The summed E-state index contributed by atoms with van der Waals surface area (Å²) in [6.07, 6.45) is 0. The molecular formula is C17H14O6. The Labute approximate surface area is 131 Å². The lowest BCUT2D eigenvalue weighted by Crippen LogP contribution is -2.23. The Hall–Kier alpha value is -2.86. The molecule has 0 amide bonds. The van der Waals surface area contributed by atoms with E-state index >= 15 is 0 Å². The van der Waals surface area contributed by atoms with E-state index in [2.05, 4.69) is 0 Å². The zero-order valence-electron chi connectivity index (χ0n) is 12.5. The molecule has 0 saturated carbocycles. The molecule has 0 spiro atoms. The van der Waals surface area contributed by atoms with Crippen LogP contribution in [0.5, 0.6) is 17.2 Å². The average molecular weight is 314 g/mol. The zero-order valence-corrected chi connectivity index (χ0v) is 12.5. The summed E-state index contributed by atoms with van der Waals surface area (Å²) in [5, 5.41) is 19.7. The van der Waals surface area contributed by atoms with Gasteiger partial charge in [0.05, 0.1) is 37.5 Å². The number of rotatable bonds is 3. The van der Waals surface area contributed by atoms with E-state index in [0.717, 1.165) is 0 Å². The minimum absolute atomic E-state index is 0.00652. The van der Waals surface area contributed by atoms with Gasteiger partial charge < -0.3 is 19.7 Å². The van der Waals surface area contributed by atoms with Gasteiger partial charge in [-0.2, -0.15) is 0 Å². The first kappa shape index (κ1) is 15.1. The molecule has 6 nitrogen and oxygen atoms in total. The van der Waals surface area contributed by atoms with Crippen LogP contribution in [0.25, 0.3) is 0 Å². The number of fused-ring (bicyclic) bond motifs is 2. The fraction of sp³-hybridized carbons (Fsp3) is 0.176. The predicted molar refractivity (Wildman–Crippen MR) is 80.4 cm³/mol. The minimum Gasteiger partial charge on any atom is -0.507 e. The van der Waals surface area contributed by atoms with Gasteiger partial charge in [-0.15, -0.1) is 0 Å². The largest absolute Gasteiger partial charge is 0.507 e. The first-order valence-corrected chi connectivity index (χ1v) is 6.85. The van der Waals surface area contributed by atoms with Crippen LogP contribution in [0.4, 0.5) is 0 Å². The van der Waals surface area contributed by atoms with Crippen LogP contribution in [0, 0.1) is 0 Å². The fourth-order valence-corrected chi connectivity index (χ4v) is 2.81. The molecule has 0 aliphatic heterocycles. The molecule has 0 atom stereocenters. The van der Waals surface area contributed by atoms with Crippen molar-refractivity contribution in [3.05, 3.63) is 52.1 Å². The van der Waals surface area contributed by atoms with Crippen LogP contribution in [0.2, 0.25) is 0 Å². The van der Waals surface area contributed by atoms with Crippen LogP contribution in [0.1, 0.15) is 37.4 Å². The van der Waals surface area contributed by atoms with E-state index in [1.165, 1.54) is 26.4 Å². The Morgan fingerprint density at radius 2 is 1.65 bits per heavy atom. The predicted octanol–water partition coefficient (Wildman–Crippen LogP) is 1.68. The van der Waals surface area contributed by atoms with Crippen molar-refractivity contribution < 1.29 is 29.3 Å². The van der Waals surface area contributed by atoms with Gasteiger partial charge in [-0.05, 0) is 12.1 Å². The molecule has 2 N–H and O–H groups in total. The molecule has 1 aliphatic rings. The van der Waals surface area contributed by atoms with Crippen LogP contribution in [0.15, 0.2) is 24.3 Å². The van der Waals surface area contributed by atoms with Crippen molar-refractivity contribution in [2.75, 3.05) is 14.2 Å². The molecule has 0 aromatic heterocycles. The summed E-state index contributed by atoms with van der Waals surface area (Å²) in [6.45, 7) is -0.490. The molecule has 0 heterocycles. The summed E-state index contributed by atoms with van der Waals surface area (Å²) < 4.78 is 10.3. The van der Waals surface area contributed by atoms with Crippen molar-refractivity contribution in [3.8, 4) is 17.2 Å². The molecule has 118 valence electrons. The molecule has 2 aromatic carbocycles. The highest BCUT2D eigenvalue weighted by Gasteiger charge is 2.37. The molecule has 23 heavy (non-hydrogen) atoms. The maximum Gasteiger partial charge on any atom is 0.202 e. The highest BCUT2D eigenvalue weighted by molar-refractivity contribution is 6.31. The van der Waals surface area contributed by atoms with E-state index in [1.807, 2.05) is 0 Å². The number of carbonyl (C=O) groups is 2. The zero-order chi connectivity index (χ0) is 16.7. The molecule has 0 unspecified atom stereocenters. The number of benzene rings is 2. The topological polar surface area (TPSA) is 93.1 Å². The number of carbonyl (C=O) groups excluding carboxylic acids is 2. The maximum absolute atomic E-state index is 12.9. The third-order valence-corrected chi connectivity index (χ3v) is 3.90. The summed E-state index contributed by atoms with van der Waals surface area (Å²) >= 11 is 0. The van der Waals surface area contributed by atoms with Gasteiger partial charge in [0.15, 0.2) is 5.78 Å². The Morgan fingerprint density at radius 3 is 2.26 bits per heavy atom. The van der Waals surface area contributed by atoms with E-state index in [0.29, 0.717) is 0 Å².